The number of rotatable bonds is 4. The number of aromatic nitrogens is 2. The minimum Gasteiger partial charge on any atom is -0.380 e. The zero-order valence-electron chi connectivity index (χ0n) is 17.4. The van der Waals surface area contributed by atoms with E-state index < -0.39 is 0 Å². The van der Waals surface area contributed by atoms with Crippen molar-refractivity contribution in [1.29, 1.82) is 0 Å². The molecule has 2 aliphatic rings. The van der Waals surface area contributed by atoms with E-state index in [9.17, 15) is 4.79 Å². The summed E-state index contributed by atoms with van der Waals surface area (Å²) in [6.07, 6.45) is 10.3. The van der Waals surface area contributed by atoms with Gasteiger partial charge >= 0.3 is 0 Å². The predicted octanol–water partition coefficient (Wildman–Crippen LogP) is 3.87. The van der Waals surface area contributed by atoms with Crippen LogP contribution in [0.5, 0.6) is 0 Å². The van der Waals surface area contributed by atoms with Crippen LogP contribution in [0.2, 0.25) is 0 Å². The lowest BCUT2D eigenvalue weighted by atomic mass is 10.1. The molecule has 1 saturated heterocycles. The van der Waals surface area contributed by atoms with E-state index in [1.54, 1.807) is 0 Å². The van der Waals surface area contributed by atoms with Crippen LogP contribution in [0, 0.1) is 5.92 Å². The number of nitrogens with zero attached hydrogens (tertiary/aromatic N) is 3. The smallest absolute Gasteiger partial charge is 0.270 e. The van der Waals surface area contributed by atoms with Crippen LogP contribution in [0.25, 0.3) is 12.2 Å². The molecule has 0 saturated carbocycles. The molecule has 4 rings (SSSR count). The molecule has 3 heterocycles. The minimum absolute atomic E-state index is 0.0640. The summed E-state index contributed by atoms with van der Waals surface area (Å²) >= 11 is 0. The first-order valence-electron chi connectivity index (χ1n) is 10.4. The Kier molecular flexibility index (Phi) is 5.43. The first-order chi connectivity index (χ1) is 14.0. The molecule has 0 radical (unpaired) electrons. The number of aromatic amines is 1. The summed E-state index contributed by atoms with van der Waals surface area (Å²) in [7, 11) is 0. The van der Waals surface area contributed by atoms with Crippen molar-refractivity contribution in [2.75, 3.05) is 36.4 Å². The average Bonchev–Trinajstić information content (AvgIpc) is 3.05. The highest BCUT2D eigenvalue weighted by molar-refractivity contribution is 5.94. The molecule has 152 valence electrons. The van der Waals surface area contributed by atoms with Crippen molar-refractivity contribution in [2.24, 2.45) is 5.92 Å². The van der Waals surface area contributed by atoms with Crippen molar-refractivity contribution in [1.82, 2.24) is 14.9 Å². The zero-order chi connectivity index (χ0) is 20.4. The third-order valence-corrected chi connectivity index (χ3v) is 5.35. The van der Waals surface area contributed by atoms with Gasteiger partial charge in [-0.05, 0) is 49.6 Å². The summed E-state index contributed by atoms with van der Waals surface area (Å²) in [5.74, 6) is 1.43. The molecule has 6 nitrogen and oxygen atoms in total. The Balaban J connectivity index is 1.43. The van der Waals surface area contributed by atoms with Crippen LogP contribution in [-0.4, -0.2) is 53.0 Å². The maximum atomic E-state index is 13.0. The maximum Gasteiger partial charge on any atom is 0.270 e. The highest BCUT2D eigenvalue weighted by atomic mass is 16.2. The lowest BCUT2D eigenvalue weighted by Gasteiger charge is -2.36. The molecule has 29 heavy (non-hydrogen) atoms. The van der Waals surface area contributed by atoms with E-state index >= 15 is 0 Å². The van der Waals surface area contributed by atoms with Gasteiger partial charge in [0.1, 0.15) is 5.69 Å². The number of H-pyrrole nitrogens is 1. The van der Waals surface area contributed by atoms with Crippen LogP contribution < -0.4 is 10.2 Å². The Bertz CT molecular complexity index is 903. The summed E-state index contributed by atoms with van der Waals surface area (Å²) < 4.78 is 0. The standard InChI is InChI=1S/C23H29N5O/c1-16(2)25-20-5-4-10-24-22(20)27-11-13-28(14-12-27)23(29)21-15-18-8-6-17(3)7-9-19(18)26-21/h4-10,15-17,25-26H,11-14H2,1-3H3. The van der Waals surface area contributed by atoms with Crippen molar-refractivity contribution in [3.63, 3.8) is 0 Å². The van der Waals surface area contributed by atoms with E-state index in [1.807, 2.05) is 23.2 Å². The number of hydrogen-bond donors (Lipinski definition) is 2. The summed E-state index contributed by atoms with van der Waals surface area (Å²) in [5, 5.41) is 3.46. The van der Waals surface area contributed by atoms with Crippen molar-refractivity contribution in [3.8, 4) is 0 Å². The average molecular weight is 392 g/mol. The van der Waals surface area contributed by atoms with Gasteiger partial charge in [0.25, 0.3) is 5.91 Å². The second kappa shape index (κ2) is 8.15. The van der Waals surface area contributed by atoms with E-state index in [0.29, 0.717) is 30.7 Å². The van der Waals surface area contributed by atoms with Crippen LogP contribution in [0.3, 0.4) is 0 Å². The van der Waals surface area contributed by atoms with Crippen molar-refractivity contribution in [3.05, 3.63) is 53.5 Å². The summed E-state index contributed by atoms with van der Waals surface area (Å²) in [5.41, 5.74) is 3.78. The summed E-state index contributed by atoms with van der Waals surface area (Å²) in [6.45, 7) is 9.30. The van der Waals surface area contributed by atoms with Crippen molar-refractivity contribution >= 4 is 29.6 Å². The second-order valence-corrected chi connectivity index (χ2v) is 8.08. The number of nitrogens with one attached hydrogen (secondary N) is 2. The Morgan fingerprint density at radius 2 is 1.97 bits per heavy atom. The molecule has 1 aliphatic heterocycles. The van der Waals surface area contributed by atoms with Crippen LogP contribution >= 0.6 is 0 Å². The fourth-order valence-electron chi connectivity index (χ4n) is 3.81. The lowest BCUT2D eigenvalue weighted by molar-refractivity contribution is 0.0741. The zero-order valence-corrected chi connectivity index (χ0v) is 17.4. The van der Waals surface area contributed by atoms with Crippen LogP contribution in [0.4, 0.5) is 11.5 Å². The Hall–Kier alpha value is -3.02. The molecule has 0 spiro atoms. The number of piperazine rings is 1. The molecule has 0 bridgehead atoms. The van der Waals surface area contributed by atoms with Gasteiger partial charge in [0.15, 0.2) is 5.82 Å². The number of allylic oxidation sites excluding steroid dienone is 2. The quantitative estimate of drug-likeness (QED) is 0.830. The normalized spacial score (nSPS) is 18.7. The molecule has 1 amide bonds. The van der Waals surface area contributed by atoms with Gasteiger partial charge in [0, 0.05) is 44.1 Å². The third-order valence-electron chi connectivity index (χ3n) is 5.35. The second-order valence-electron chi connectivity index (χ2n) is 8.08. The summed E-state index contributed by atoms with van der Waals surface area (Å²) in [6, 6.07) is 6.32. The molecule has 1 unspecified atom stereocenters. The van der Waals surface area contributed by atoms with E-state index in [-0.39, 0.29) is 5.91 Å². The Morgan fingerprint density at radius 3 is 2.72 bits per heavy atom. The number of fused-ring (bicyclic) bond motifs is 1. The predicted molar refractivity (Wildman–Crippen MR) is 119 cm³/mol. The van der Waals surface area contributed by atoms with Gasteiger partial charge < -0.3 is 20.1 Å². The van der Waals surface area contributed by atoms with Gasteiger partial charge in [-0.2, -0.15) is 0 Å². The Labute approximate surface area is 172 Å². The number of carbonyl (C=O) groups is 1. The number of hydrogen-bond acceptors (Lipinski definition) is 4. The van der Waals surface area contributed by atoms with Crippen molar-refractivity contribution < 1.29 is 4.79 Å². The number of pyridine rings is 1. The number of anilines is 2. The highest BCUT2D eigenvalue weighted by Crippen LogP contribution is 2.25. The van der Waals surface area contributed by atoms with E-state index in [1.165, 1.54) is 0 Å². The minimum atomic E-state index is 0.0640. The SMILES string of the molecule is CC1C=Cc2cc(C(=O)N3CCN(c4ncccc4NC(C)C)CC3)[nH]c2C=C1. The highest BCUT2D eigenvalue weighted by Gasteiger charge is 2.25. The summed E-state index contributed by atoms with van der Waals surface area (Å²) in [4.78, 5) is 25.1. The molecule has 2 aromatic heterocycles. The molecule has 0 aromatic carbocycles. The number of amides is 1. The molecule has 1 aliphatic carbocycles. The van der Waals surface area contributed by atoms with Crippen molar-refractivity contribution in [2.45, 2.75) is 26.8 Å². The van der Waals surface area contributed by atoms with Gasteiger partial charge in [-0.25, -0.2) is 4.98 Å². The van der Waals surface area contributed by atoms with E-state index in [4.69, 9.17) is 0 Å². The van der Waals surface area contributed by atoms with Gasteiger partial charge in [-0.3, -0.25) is 4.79 Å². The topological polar surface area (TPSA) is 64.3 Å². The molecular formula is C23H29N5O. The molecule has 1 atom stereocenters. The van der Waals surface area contributed by atoms with Crippen LogP contribution in [0.15, 0.2) is 36.5 Å². The van der Waals surface area contributed by atoms with Gasteiger partial charge in [-0.15, -0.1) is 0 Å². The first kappa shape index (κ1) is 19.3. The van der Waals surface area contributed by atoms with E-state index in [0.717, 1.165) is 35.9 Å². The first-order valence-corrected chi connectivity index (χ1v) is 10.4. The van der Waals surface area contributed by atoms with Crippen LogP contribution in [-0.2, 0) is 0 Å². The molecular weight excluding hydrogens is 362 g/mol. The third kappa shape index (κ3) is 4.21. The number of carbonyl (C=O) groups excluding carboxylic acids is 1. The molecule has 2 N–H and O–H groups in total. The molecule has 6 heteroatoms. The van der Waals surface area contributed by atoms with Gasteiger partial charge in [-0.1, -0.05) is 25.2 Å². The van der Waals surface area contributed by atoms with Crippen LogP contribution in [0.1, 0.15) is 42.5 Å². The monoisotopic (exact) mass is 391 g/mol. The largest absolute Gasteiger partial charge is 0.380 e. The molecule has 2 aromatic rings. The van der Waals surface area contributed by atoms with Gasteiger partial charge in [0.2, 0.25) is 0 Å². The fraction of sp³-hybridized carbons (Fsp3) is 0.391. The van der Waals surface area contributed by atoms with Gasteiger partial charge in [0.05, 0.1) is 5.69 Å². The fourth-order valence-corrected chi connectivity index (χ4v) is 3.81. The molecule has 1 fully saturated rings. The maximum absolute atomic E-state index is 13.0. The van der Waals surface area contributed by atoms with E-state index in [2.05, 4.69) is 71.3 Å². The Morgan fingerprint density at radius 1 is 1.21 bits per heavy atom. The lowest BCUT2D eigenvalue weighted by Crippen LogP contribution is -2.49.